The molecule has 1 atom stereocenters. The molecule has 0 radical (unpaired) electrons. The molecule has 0 spiro atoms. The van der Waals surface area contributed by atoms with Crippen LogP contribution in [0.1, 0.15) is 31.2 Å². The Hall–Kier alpha value is -1.80. The van der Waals surface area contributed by atoms with Crippen molar-refractivity contribution in [1.29, 1.82) is 0 Å². The summed E-state index contributed by atoms with van der Waals surface area (Å²) in [6, 6.07) is 5.51. The summed E-state index contributed by atoms with van der Waals surface area (Å²) in [4.78, 5) is 14.1. The van der Waals surface area contributed by atoms with Gasteiger partial charge in [0.25, 0.3) is 5.91 Å². The van der Waals surface area contributed by atoms with Crippen LogP contribution >= 0.6 is 0 Å². The lowest BCUT2D eigenvalue weighted by Crippen LogP contribution is -2.50. The molecule has 0 saturated carbocycles. The van der Waals surface area contributed by atoms with Gasteiger partial charge < -0.3 is 19.5 Å². The summed E-state index contributed by atoms with van der Waals surface area (Å²) in [6.45, 7) is 1.51. The predicted octanol–water partition coefficient (Wildman–Crippen LogP) is 2.66. The molecule has 8 heteroatoms. The second kappa shape index (κ2) is 7.44. The minimum absolute atomic E-state index is 0.0156. The molecule has 1 aromatic carbocycles. The minimum Gasteiger partial charge on any atom is -0.406 e. The van der Waals surface area contributed by atoms with Gasteiger partial charge in [-0.05, 0) is 43.4 Å². The molecule has 0 unspecified atom stereocenters. The lowest BCUT2D eigenvalue weighted by molar-refractivity contribution is -0.274. The van der Waals surface area contributed by atoms with Gasteiger partial charge in [-0.1, -0.05) is 12.1 Å². The van der Waals surface area contributed by atoms with Crippen LogP contribution in [0.5, 0.6) is 5.75 Å². The monoisotopic (exact) mass is 373 g/mol. The second-order valence-corrected chi connectivity index (χ2v) is 6.92. The van der Waals surface area contributed by atoms with E-state index in [2.05, 4.69) is 4.74 Å². The van der Waals surface area contributed by atoms with Crippen LogP contribution in [0.15, 0.2) is 24.3 Å². The maximum absolute atomic E-state index is 12.3. The van der Waals surface area contributed by atoms with E-state index in [-0.39, 0.29) is 17.8 Å². The van der Waals surface area contributed by atoms with Gasteiger partial charge in [0.2, 0.25) is 0 Å². The normalized spacial score (nSPS) is 23.1. The number of hydrogen-bond acceptors (Lipinski definition) is 4. The Balaban J connectivity index is 1.53. The number of alkyl halides is 3. The molecule has 26 heavy (non-hydrogen) atoms. The number of piperidine rings is 1. The molecule has 3 rings (SSSR count). The van der Waals surface area contributed by atoms with Gasteiger partial charge in [-0.25, -0.2) is 0 Å². The summed E-state index contributed by atoms with van der Waals surface area (Å²) >= 11 is 0. The fraction of sp³-hybridized carbons (Fsp3) is 0.611. The summed E-state index contributed by atoms with van der Waals surface area (Å²) in [7, 11) is 0. The highest BCUT2D eigenvalue weighted by Crippen LogP contribution is 2.29. The van der Waals surface area contributed by atoms with Crippen molar-refractivity contribution in [1.82, 2.24) is 4.90 Å². The van der Waals surface area contributed by atoms with E-state index in [0.29, 0.717) is 39.0 Å². The number of carbonyl (C=O) groups is 1. The Morgan fingerprint density at radius 2 is 1.92 bits per heavy atom. The first-order chi connectivity index (χ1) is 12.2. The second-order valence-electron chi connectivity index (χ2n) is 6.92. The fourth-order valence-electron chi connectivity index (χ4n) is 3.49. The lowest BCUT2D eigenvalue weighted by atomic mass is 9.85. The van der Waals surface area contributed by atoms with Gasteiger partial charge in [-0.2, -0.15) is 0 Å². The van der Waals surface area contributed by atoms with Crippen molar-refractivity contribution < 1.29 is 32.5 Å². The van der Waals surface area contributed by atoms with E-state index >= 15 is 0 Å². The van der Waals surface area contributed by atoms with E-state index < -0.39 is 12.0 Å². The number of likely N-dealkylation sites (tertiary alicyclic amines) is 1. The molecule has 1 N–H and O–H groups in total. The number of aliphatic hydroxyl groups is 1. The number of carbonyl (C=O) groups excluding carboxylic acids is 1. The van der Waals surface area contributed by atoms with Crippen molar-refractivity contribution in [2.24, 2.45) is 0 Å². The summed E-state index contributed by atoms with van der Waals surface area (Å²) in [5.41, 5.74) is -0.249. The summed E-state index contributed by atoms with van der Waals surface area (Å²) in [6.07, 6.45) is -2.28. The number of rotatable bonds is 4. The summed E-state index contributed by atoms with van der Waals surface area (Å²) < 4.78 is 45.8. The molecule has 1 amide bonds. The Morgan fingerprint density at radius 3 is 2.46 bits per heavy atom. The van der Waals surface area contributed by atoms with Gasteiger partial charge in [0.15, 0.2) is 0 Å². The number of benzene rings is 1. The van der Waals surface area contributed by atoms with Gasteiger partial charge in [0, 0.05) is 26.1 Å². The van der Waals surface area contributed by atoms with Crippen LogP contribution in [0.2, 0.25) is 0 Å². The molecular weight excluding hydrogens is 351 g/mol. The zero-order chi connectivity index (χ0) is 18.8. The maximum atomic E-state index is 12.3. The van der Waals surface area contributed by atoms with Gasteiger partial charge in [-0.15, -0.1) is 13.2 Å². The molecule has 0 aliphatic carbocycles. The molecule has 1 aromatic rings. The zero-order valence-electron chi connectivity index (χ0n) is 14.3. The van der Waals surface area contributed by atoms with E-state index in [9.17, 15) is 23.1 Å². The third-order valence-electron chi connectivity index (χ3n) is 4.90. The number of amides is 1. The van der Waals surface area contributed by atoms with Gasteiger partial charge in [-0.3, -0.25) is 4.79 Å². The van der Waals surface area contributed by atoms with Crippen LogP contribution < -0.4 is 4.74 Å². The van der Waals surface area contributed by atoms with Crippen molar-refractivity contribution in [3.05, 3.63) is 29.8 Å². The van der Waals surface area contributed by atoms with Crippen LogP contribution in [0.25, 0.3) is 0 Å². The average Bonchev–Trinajstić information content (AvgIpc) is 3.10. The van der Waals surface area contributed by atoms with E-state index in [1.165, 1.54) is 24.3 Å². The van der Waals surface area contributed by atoms with Crippen molar-refractivity contribution in [3.63, 3.8) is 0 Å². The van der Waals surface area contributed by atoms with Gasteiger partial charge in [0.1, 0.15) is 11.9 Å². The average molecular weight is 373 g/mol. The number of hydrogen-bond donors (Lipinski definition) is 1. The highest BCUT2D eigenvalue weighted by atomic mass is 19.4. The summed E-state index contributed by atoms with van der Waals surface area (Å²) in [5, 5.41) is 10.8. The predicted molar refractivity (Wildman–Crippen MR) is 86.6 cm³/mol. The van der Waals surface area contributed by atoms with Crippen LogP contribution in [0, 0.1) is 0 Å². The molecule has 2 saturated heterocycles. The van der Waals surface area contributed by atoms with Crippen LogP contribution in [0.3, 0.4) is 0 Å². The highest BCUT2D eigenvalue weighted by Gasteiger charge is 2.37. The van der Waals surface area contributed by atoms with E-state index in [0.717, 1.165) is 18.4 Å². The number of halogens is 3. The molecule has 2 fully saturated rings. The zero-order valence-corrected chi connectivity index (χ0v) is 14.3. The quantitative estimate of drug-likeness (QED) is 0.882. The third kappa shape index (κ3) is 4.88. The Labute approximate surface area is 149 Å². The molecule has 5 nitrogen and oxygen atoms in total. The number of ether oxygens (including phenoxy) is 2. The molecular formula is C18H22F3NO4. The van der Waals surface area contributed by atoms with Crippen LogP contribution in [0.4, 0.5) is 13.2 Å². The standard InChI is InChI=1S/C18H22F3NO4/c19-18(20,21)26-14-5-3-13(4-6-14)12-17(24)7-9-22(10-8-17)16(23)15-2-1-11-25-15/h3-6,15,24H,1-2,7-12H2/t15-/m1/s1. The van der Waals surface area contributed by atoms with Gasteiger partial charge in [0.05, 0.1) is 5.60 Å². The first-order valence-electron chi connectivity index (χ1n) is 8.72. The highest BCUT2D eigenvalue weighted by molar-refractivity contribution is 5.81. The van der Waals surface area contributed by atoms with E-state index in [1.807, 2.05) is 0 Å². The van der Waals surface area contributed by atoms with E-state index in [4.69, 9.17) is 4.74 Å². The first-order valence-corrected chi connectivity index (χ1v) is 8.72. The van der Waals surface area contributed by atoms with Gasteiger partial charge >= 0.3 is 6.36 Å². The largest absolute Gasteiger partial charge is 0.573 e. The molecule has 2 aliphatic rings. The Morgan fingerprint density at radius 1 is 1.27 bits per heavy atom. The van der Waals surface area contributed by atoms with E-state index in [1.54, 1.807) is 4.90 Å². The van der Waals surface area contributed by atoms with Crippen molar-refractivity contribution >= 4 is 5.91 Å². The Bertz CT molecular complexity index is 618. The molecule has 2 heterocycles. The van der Waals surface area contributed by atoms with Crippen molar-refractivity contribution in [2.75, 3.05) is 19.7 Å². The number of nitrogens with zero attached hydrogens (tertiary/aromatic N) is 1. The minimum atomic E-state index is -4.72. The summed E-state index contributed by atoms with van der Waals surface area (Å²) in [5.74, 6) is -0.302. The first kappa shape index (κ1) is 19.0. The van der Waals surface area contributed by atoms with Crippen molar-refractivity contribution in [3.8, 4) is 5.75 Å². The molecule has 2 aliphatic heterocycles. The maximum Gasteiger partial charge on any atom is 0.573 e. The van der Waals surface area contributed by atoms with Crippen LogP contribution in [-0.2, 0) is 16.0 Å². The SMILES string of the molecule is O=C([C@H]1CCCO1)N1CCC(O)(Cc2ccc(OC(F)(F)F)cc2)CC1. The fourth-order valence-corrected chi connectivity index (χ4v) is 3.49. The lowest BCUT2D eigenvalue weighted by Gasteiger charge is -2.39. The molecule has 0 bridgehead atoms. The Kier molecular flexibility index (Phi) is 5.43. The van der Waals surface area contributed by atoms with Crippen LogP contribution in [-0.4, -0.2) is 53.7 Å². The topological polar surface area (TPSA) is 59.0 Å². The smallest absolute Gasteiger partial charge is 0.406 e. The third-order valence-corrected chi connectivity index (χ3v) is 4.90. The molecule has 144 valence electrons. The molecule has 0 aromatic heterocycles. The van der Waals surface area contributed by atoms with Crippen molar-refractivity contribution in [2.45, 2.75) is 50.2 Å².